The van der Waals surface area contributed by atoms with Gasteiger partial charge in [0.05, 0.1) is 16.1 Å². The summed E-state index contributed by atoms with van der Waals surface area (Å²) < 4.78 is 26.9. The Kier molecular flexibility index (Phi) is 5.60. The topological polar surface area (TPSA) is 118 Å². The van der Waals surface area contributed by atoms with E-state index in [1.807, 2.05) is 20.8 Å². The third kappa shape index (κ3) is 4.46. The molecular formula is C19H22N2O5S. The zero-order valence-corrected chi connectivity index (χ0v) is 16.2. The zero-order valence-electron chi connectivity index (χ0n) is 15.3. The molecule has 0 spiro atoms. The number of nitrogens with zero attached hydrogens (tertiary/aromatic N) is 1. The average Bonchev–Trinajstić information content (AvgIpc) is 2.58. The van der Waals surface area contributed by atoms with E-state index in [9.17, 15) is 23.1 Å². The molecule has 2 aromatic rings. The number of carbonyl (C=O) groups is 2. The lowest BCUT2D eigenvalue weighted by Crippen LogP contribution is -2.37. The largest absolute Gasteiger partial charge is 0.480 e. The van der Waals surface area contributed by atoms with E-state index in [0.717, 1.165) is 5.56 Å². The minimum Gasteiger partial charge on any atom is -0.480 e. The minimum atomic E-state index is -4.22. The number of carbonyl (C=O) groups excluding carboxylic acids is 1. The lowest BCUT2D eigenvalue weighted by molar-refractivity contribution is -0.135. The monoisotopic (exact) mass is 390 g/mol. The van der Waals surface area contributed by atoms with Crippen molar-refractivity contribution in [2.45, 2.75) is 31.1 Å². The first-order chi connectivity index (χ1) is 12.4. The fraction of sp³-hybridized carbons (Fsp3) is 0.263. The van der Waals surface area contributed by atoms with Crippen LogP contribution in [-0.4, -0.2) is 31.9 Å². The van der Waals surface area contributed by atoms with Crippen molar-refractivity contribution < 1.29 is 23.1 Å². The van der Waals surface area contributed by atoms with E-state index in [1.165, 1.54) is 36.4 Å². The fourth-order valence-corrected chi connectivity index (χ4v) is 4.01. The first kappa shape index (κ1) is 20.4. The number of para-hydroxylation sites is 1. The lowest BCUT2D eigenvalue weighted by Gasteiger charge is -2.25. The molecule has 0 fully saturated rings. The second kappa shape index (κ2) is 7.40. The van der Waals surface area contributed by atoms with E-state index < -0.39 is 28.4 Å². The van der Waals surface area contributed by atoms with Gasteiger partial charge in [0, 0.05) is 0 Å². The quantitative estimate of drug-likeness (QED) is 0.785. The number of hydrogen-bond acceptors (Lipinski definition) is 4. The first-order valence-electron chi connectivity index (χ1n) is 8.18. The number of hydrogen-bond donors (Lipinski definition) is 2. The number of nitrogens with two attached hydrogens (primary N) is 1. The Morgan fingerprint density at radius 3 is 2.07 bits per heavy atom. The van der Waals surface area contributed by atoms with Gasteiger partial charge in [-0.25, -0.2) is 8.42 Å². The Balaban J connectivity index is 2.60. The summed E-state index contributed by atoms with van der Waals surface area (Å²) in [6.07, 6.45) is 0. The van der Waals surface area contributed by atoms with Crippen LogP contribution in [-0.2, 0) is 20.2 Å². The molecule has 7 nitrogen and oxygen atoms in total. The Labute approximate surface area is 158 Å². The SMILES string of the molecule is CC(C)(C)c1ccc(S(=O)(=O)N(CC(=O)O)c2ccccc2C(N)=O)cc1. The number of carboxylic acid groups (broad SMARTS) is 1. The van der Waals surface area contributed by atoms with Gasteiger partial charge in [0.1, 0.15) is 6.54 Å². The van der Waals surface area contributed by atoms with Gasteiger partial charge < -0.3 is 10.8 Å². The molecule has 2 aromatic carbocycles. The molecule has 0 aliphatic rings. The van der Waals surface area contributed by atoms with Crippen molar-refractivity contribution in [1.29, 1.82) is 0 Å². The van der Waals surface area contributed by atoms with Crippen molar-refractivity contribution in [1.82, 2.24) is 0 Å². The van der Waals surface area contributed by atoms with Crippen LogP contribution in [0.2, 0.25) is 0 Å². The Hall–Kier alpha value is -2.87. The summed E-state index contributed by atoms with van der Waals surface area (Å²) in [6, 6.07) is 12.0. The highest BCUT2D eigenvalue weighted by Gasteiger charge is 2.30. The number of amides is 1. The van der Waals surface area contributed by atoms with E-state index in [1.54, 1.807) is 12.1 Å². The third-order valence-corrected chi connectivity index (χ3v) is 5.80. The third-order valence-electron chi connectivity index (χ3n) is 4.03. The normalized spacial score (nSPS) is 11.8. The highest BCUT2D eigenvalue weighted by atomic mass is 32.2. The van der Waals surface area contributed by atoms with Gasteiger partial charge in [-0.3, -0.25) is 13.9 Å². The van der Waals surface area contributed by atoms with Gasteiger partial charge in [0.25, 0.3) is 15.9 Å². The van der Waals surface area contributed by atoms with Crippen molar-refractivity contribution in [3.8, 4) is 0 Å². The van der Waals surface area contributed by atoms with Crippen LogP contribution in [0.3, 0.4) is 0 Å². The van der Waals surface area contributed by atoms with Crippen LogP contribution in [0.5, 0.6) is 0 Å². The van der Waals surface area contributed by atoms with Crippen LogP contribution in [0.15, 0.2) is 53.4 Å². The predicted octanol–water partition coefficient (Wildman–Crippen LogP) is 2.36. The number of aliphatic carboxylic acids is 1. The van der Waals surface area contributed by atoms with Crippen LogP contribution in [0.1, 0.15) is 36.7 Å². The first-order valence-corrected chi connectivity index (χ1v) is 9.62. The van der Waals surface area contributed by atoms with Gasteiger partial charge in [-0.1, -0.05) is 45.0 Å². The van der Waals surface area contributed by atoms with Gasteiger partial charge in [0.15, 0.2) is 0 Å². The molecule has 0 aliphatic heterocycles. The van der Waals surface area contributed by atoms with Gasteiger partial charge in [-0.2, -0.15) is 0 Å². The Morgan fingerprint density at radius 1 is 1.04 bits per heavy atom. The van der Waals surface area contributed by atoms with Crippen molar-refractivity contribution in [2.75, 3.05) is 10.8 Å². The summed E-state index contributed by atoms with van der Waals surface area (Å²) >= 11 is 0. The molecule has 0 radical (unpaired) electrons. The van der Waals surface area contributed by atoms with Crippen LogP contribution >= 0.6 is 0 Å². The van der Waals surface area contributed by atoms with E-state index in [2.05, 4.69) is 0 Å². The lowest BCUT2D eigenvalue weighted by atomic mass is 9.87. The Bertz CT molecular complexity index is 960. The summed E-state index contributed by atoms with van der Waals surface area (Å²) in [5, 5.41) is 9.21. The van der Waals surface area contributed by atoms with Gasteiger partial charge >= 0.3 is 5.97 Å². The number of carboxylic acids is 1. The highest BCUT2D eigenvalue weighted by Crippen LogP contribution is 2.29. The number of rotatable bonds is 6. The van der Waals surface area contributed by atoms with E-state index in [4.69, 9.17) is 5.73 Å². The van der Waals surface area contributed by atoms with Crippen LogP contribution < -0.4 is 10.0 Å². The Morgan fingerprint density at radius 2 is 1.59 bits per heavy atom. The average molecular weight is 390 g/mol. The molecule has 1 amide bonds. The molecule has 8 heteroatoms. The second-order valence-corrected chi connectivity index (χ2v) is 8.92. The number of benzene rings is 2. The molecule has 0 saturated carbocycles. The van der Waals surface area contributed by atoms with Gasteiger partial charge in [0.2, 0.25) is 0 Å². The van der Waals surface area contributed by atoms with E-state index in [-0.39, 0.29) is 21.6 Å². The minimum absolute atomic E-state index is 0.0731. The zero-order chi connectivity index (χ0) is 20.4. The van der Waals surface area contributed by atoms with Crippen LogP contribution in [0, 0.1) is 0 Å². The highest BCUT2D eigenvalue weighted by molar-refractivity contribution is 7.92. The molecule has 144 valence electrons. The maximum atomic E-state index is 13.1. The molecule has 0 aromatic heterocycles. The maximum absolute atomic E-state index is 13.1. The van der Waals surface area contributed by atoms with Crippen molar-refractivity contribution >= 4 is 27.6 Å². The standard InChI is InChI=1S/C19H22N2O5S/c1-19(2,3)13-8-10-14(11-9-13)27(25,26)21(12-17(22)23)16-7-5-4-6-15(16)18(20)24/h4-11H,12H2,1-3H3,(H2,20,24)(H,22,23). The summed E-state index contributed by atoms with van der Waals surface area (Å²) in [7, 11) is -4.22. The molecule has 0 atom stereocenters. The predicted molar refractivity (Wildman–Crippen MR) is 102 cm³/mol. The number of anilines is 1. The summed E-state index contributed by atoms with van der Waals surface area (Å²) in [6.45, 7) is 5.15. The van der Waals surface area contributed by atoms with Crippen molar-refractivity contribution in [2.24, 2.45) is 5.73 Å². The second-order valence-electron chi connectivity index (χ2n) is 7.06. The maximum Gasteiger partial charge on any atom is 0.324 e. The molecular weight excluding hydrogens is 368 g/mol. The molecule has 0 bridgehead atoms. The van der Waals surface area contributed by atoms with Crippen molar-refractivity contribution in [3.05, 3.63) is 59.7 Å². The molecule has 27 heavy (non-hydrogen) atoms. The fourth-order valence-electron chi connectivity index (χ4n) is 2.58. The van der Waals surface area contributed by atoms with E-state index >= 15 is 0 Å². The molecule has 0 heterocycles. The number of sulfonamides is 1. The van der Waals surface area contributed by atoms with Gasteiger partial charge in [-0.05, 0) is 35.2 Å². The molecule has 3 N–H and O–H groups in total. The molecule has 2 rings (SSSR count). The smallest absolute Gasteiger partial charge is 0.324 e. The summed E-state index contributed by atoms with van der Waals surface area (Å²) in [4.78, 5) is 22.9. The number of primary amides is 1. The summed E-state index contributed by atoms with van der Waals surface area (Å²) in [5.74, 6) is -2.21. The van der Waals surface area contributed by atoms with Crippen LogP contribution in [0.4, 0.5) is 5.69 Å². The van der Waals surface area contributed by atoms with Gasteiger partial charge in [-0.15, -0.1) is 0 Å². The van der Waals surface area contributed by atoms with Crippen molar-refractivity contribution in [3.63, 3.8) is 0 Å². The summed E-state index contributed by atoms with van der Waals surface area (Å²) in [5.41, 5.74) is 5.94. The molecule has 0 saturated heterocycles. The molecule has 0 unspecified atom stereocenters. The molecule has 0 aliphatic carbocycles. The van der Waals surface area contributed by atoms with E-state index in [0.29, 0.717) is 4.31 Å². The van der Waals surface area contributed by atoms with Crippen LogP contribution in [0.25, 0.3) is 0 Å².